The van der Waals surface area contributed by atoms with Crippen molar-refractivity contribution in [2.45, 2.75) is 57.4 Å². The molecule has 1 aromatic carbocycles. The molecule has 7 nitrogen and oxygen atoms in total. The first-order valence-electron chi connectivity index (χ1n) is 9.09. The molecule has 0 unspecified atom stereocenters. The zero-order valence-electron chi connectivity index (χ0n) is 16.4. The van der Waals surface area contributed by atoms with Gasteiger partial charge in [-0.25, -0.2) is 13.1 Å². The predicted molar refractivity (Wildman–Crippen MR) is 105 cm³/mol. The molecule has 0 aliphatic heterocycles. The summed E-state index contributed by atoms with van der Waals surface area (Å²) in [5, 5.41) is 2.62. The zero-order valence-corrected chi connectivity index (χ0v) is 17.2. The molecule has 1 amide bonds. The average molecular weight is 404 g/mol. The van der Waals surface area contributed by atoms with Gasteiger partial charge in [0.05, 0.1) is 11.3 Å². The van der Waals surface area contributed by atoms with Crippen molar-refractivity contribution in [3.05, 3.63) is 46.9 Å². The fourth-order valence-corrected chi connectivity index (χ4v) is 4.89. The zero-order chi connectivity index (χ0) is 20.7. The molecule has 1 heterocycles. The van der Waals surface area contributed by atoms with E-state index < -0.39 is 21.5 Å². The first-order chi connectivity index (χ1) is 13.0. The van der Waals surface area contributed by atoms with E-state index >= 15 is 0 Å². The Hall–Kier alpha value is -2.45. The molecule has 0 bridgehead atoms. The minimum atomic E-state index is -3.85. The Morgan fingerprint density at radius 3 is 2.46 bits per heavy atom. The number of furan rings is 1. The van der Waals surface area contributed by atoms with Crippen molar-refractivity contribution in [2.24, 2.45) is 0 Å². The lowest BCUT2D eigenvalue weighted by molar-refractivity contribution is 0.0963. The number of ketones is 1. The Kier molecular flexibility index (Phi) is 5.20. The Labute approximate surface area is 164 Å². The van der Waals surface area contributed by atoms with Gasteiger partial charge in [-0.15, -0.1) is 0 Å². The lowest BCUT2D eigenvalue weighted by Crippen LogP contribution is -2.40. The van der Waals surface area contributed by atoms with Crippen LogP contribution in [0.4, 0.5) is 5.69 Å². The monoisotopic (exact) mass is 404 g/mol. The normalized spacial score (nSPS) is 14.6. The van der Waals surface area contributed by atoms with Gasteiger partial charge in [-0.3, -0.25) is 9.59 Å². The molecule has 8 heteroatoms. The third-order valence-corrected chi connectivity index (χ3v) is 6.19. The van der Waals surface area contributed by atoms with E-state index in [-0.39, 0.29) is 22.1 Å². The van der Waals surface area contributed by atoms with Crippen LogP contribution in [0.1, 0.15) is 65.8 Å². The topological polar surface area (TPSA) is 105 Å². The second kappa shape index (κ2) is 7.18. The number of aryl methyl sites for hydroxylation is 1. The van der Waals surface area contributed by atoms with Crippen LogP contribution in [0.3, 0.4) is 0 Å². The molecular formula is C20H24N2O5S. The van der Waals surface area contributed by atoms with Crippen LogP contribution in [0.5, 0.6) is 0 Å². The van der Waals surface area contributed by atoms with Crippen molar-refractivity contribution in [2.75, 3.05) is 5.32 Å². The van der Waals surface area contributed by atoms with E-state index in [1.165, 1.54) is 12.1 Å². The molecule has 2 aromatic rings. The molecule has 28 heavy (non-hydrogen) atoms. The van der Waals surface area contributed by atoms with Crippen LogP contribution in [-0.2, 0) is 16.4 Å². The van der Waals surface area contributed by atoms with Gasteiger partial charge < -0.3 is 9.73 Å². The largest absolute Gasteiger partial charge is 0.455 e. The van der Waals surface area contributed by atoms with Crippen LogP contribution in [-0.4, -0.2) is 25.6 Å². The highest BCUT2D eigenvalue weighted by Gasteiger charge is 2.30. The minimum Gasteiger partial charge on any atom is -0.455 e. The number of benzene rings is 1. The number of hydrogen-bond donors (Lipinski definition) is 2. The Morgan fingerprint density at radius 1 is 1.14 bits per heavy atom. The SMILES string of the molecule is Cc1c(C(=O)Nc2ccccc2S(=O)(=O)NC(C)(C)C)oc2c1C(=O)CCC2. The second-order valence-corrected chi connectivity index (χ2v) is 9.59. The summed E-state index contributed by atoms with van der Waals surface area (Å²) in [4.78, 5) is 24.9. The summed E-state index contributed by atoms with van der Waals surface area (Å²) in [6.45, 7) is 6.88. The molecule has 3 rings (SSSR count). The summed E-state index contributed by atoms with van der Waals surface area (Å²) in [5.41, 5.74) is 0.439. The summed E-state index contributed by atoms with van der Waals surface area (Å²) in [5.74, 6) is -0.0533. The predicted octanol–water partition coefficient (Wildman–Crippen LogP) is 3.44. The lowest BCUT2D eigenvalue weighted by Gasteiger charge is -2.21. The summed E-state index contributed by atoms with van der Waals surface area (Å²) < 4.78 is 33.7. The summed E-state index contributed by atoms with van der Waals surface area (Å²) >= 11 is 0. The van der Waals surface area contributed by atoms with Crippen molar-refractivity contribution in [1.82, 2.24) is 4.72 Å². The van der Waals surface area contributed by atoms with Gasteiger partial charge in [-0.05, 0) is 46.2 Å². The Balaban J connectivity index is 1.94. The maximum atomic E-state index is 12.8. The standard InChI is InChI=1S/C20H24N2O5S/c1-12-17-14(23)9-7-10-15(17)27-18(12)19(24)21-13-8-5-6-11-16(13)28(25,26)22-20(2,3)4/h5-6,8,11,22H,7,9-10H2,1-4H3,(H,21,24). The average Bonchev–Trinajstić information content (AvgIpc) is 2.91. The van der Waals surface area contributed by atoms with E-state index in [4.69, 9.17) is 4.42 Å². The van der Waals surface area contributed by atoms with E-state index in [0.717, 1.165) is 0 Å². The van der Waals surface area contributed by atoms with Gasteiger partial charge in [0.15, 0.2) is 11.5 Å². The Bertz CT molecular complexity index is 1050. The van der Waals surface area contributed by atoms with Gasteiger partial charge in [0, 0.05) is 23.9 Å². The maximum absolute atomic E-state index is 12.8. The van der Waals surface area contributed by atoms with Gasteiger partial charge in [0.25, 0.3) is 5.91 Å². The molecule has 0 radical (unpaired) electrons. The van der Waals surface area contributed by atoms with E-state index in [0.29, 0.717) is 36.1 Å². The number of Topliss-reactive ketones (excluding diaryl/α,β-unsaturated/α-hetero) is 1. The summed E-state index contributed by atoms with van der Waals surface area (Å²) in [6, 6.07) is 6.16. The molecular weight excluding hydrogens is 380 g/mol. The molecule has 2 N–H and O–H groups in total. The van der Waals surface area contributed by atoms with Gasteiger partial charge in [0.2, 0.25) is 10.0 Å². The van der Waals surface area contributed by atoms with Gasteiger partial charge >= 0.3 is 0 Å². The summed E-state index contributed by atoms with van der Waals surface area (Å²) in [7, 11) is -3.85. The number of hydrogen-bond acceptors (Lipinski definition) is 5. The molecule has 0 saturated carbocycles. The third-order valence-electron chi connectivity index (χ3n) is 4.38. The number of anilines is 1. The van der Waals surface area contributed by atoms with Crippen LogP contribution in [0.2, 0.25) is 0 Å². The van der Waals surface area contributed by atoms with Crippen LogP contribution in [0.25, 0.3) is 0 Å². The van der Waals surface area contributed by atoms with Crippen LogP contribution in [0, 0.1) is 6.92 Å². The molecule has 1 aliphatic rings. The van der Waals surface area contributed by atoms with Crippen molar-refractivity contribution in [3.63, 3.8) is 0 Å². The maximum Gasteiger partial charge on any atom is 0.291 e. The molecule has 0 saturated heterocycles. The highest BCUT2D eigenvalue weighted by atomic mass is 32.2. The number of para-hydroxylation sites is 1. The van der Waals surface area contributed by atoms with Crippen LogP contribution < -0.4 is 10.0 Å². The van der Waals surface area contributed by atoms with Gasteiger partial charge in [-0.2, -0.15) is 0 Å². The van der Waals surface area contributed by atoms with Crippen molar-refractivity contribution >= 4 is 27.4 Å². The molecule has 150 valence electrons. The smallest absolute Gasteiger partial charge is 0.291 e. The number of amides is 1. The minimum absolute atomic E-state index is 0.0288. The number of nitrogens with one attached hydrogen (secondary N) is 2. The summed E-state index contributed by atoms with van der Waals surface area (Å²) in [6.07, 6.45) is 1.74. The fourth-order valence-electron chi connectivity index (χ4n) is 3.31. The number of sulfonamides is 1. The quantitative estimate of drug-likeness (QED) is 0.812. The molecule has 0 atom stereocenters. The number of fused-ring (bicyclic) bond motifs is 1. The second-order valence-electron chi connectivity index (χ2n) is 7.94. The highest BCUT2D eigenvalue weighted by molar-refractivity contribution is 7.89. The first-order valence-corrected chi connectivity index (χ1v) is 10.6. The molecule has 1 aliphatic carbocycles. The lowest BCUT2D eigenvalue weighted by atomic mass is 9.94. The first kappa shape index (κ1) is 20.3. The van der Waals surface area contributed by atoms with E-state index in [1.54, 1.807) is 39.8 Å². The molecule has 1 aromatic heterocycles. The van der Waals surface area contributed by atoms with Gasteiger partial charge in [0.1, 0.15) is 10.7 Å². The van der Waals surface area contributed by atoms with Gasteiger partial charge in [-0.1, -0.05) is 12.1 Å². The molecule has 0 fully saturated rings. The van der Waals surface area contributed by atoms with Crippen molar-refractivity contribution in [3.8, 4) is 0 Å². The third kappa shape index (κ3) is 4.02. The number of carbonyl (C=O) groups is 2. The number of carbonyl (C=O) groups excluding carboxylic acids is 2. The van der Waals surface area contributed by atoms with E-state index in [1.807, 2.05) is 0 Å². The molecule has 0 spiro atoms. The highest BCUT2D eigenvalue weighted by Crippen LogP contribution is 2.30. The van der Waals surface area contributed by atoms with Crippen molar-refractivity contribution in [1.29, 1.82) is 0 Å². The number of rotatable bonds is 4. The van der Waals surface area contributed by atoms with E-state index in [2.05, 4.69) is 10.0 Å². The Morgan fingerprint density at radius 2 is 1.82 bits per heavy atom. The van der Waals surface area contributed by atoms with Crippen LogP contribution in [0.15, 0.2) is 33.6 Å². The van der Waals surface area contributed by atoms with E-state index in [9.17, 15) is 18.0 Å². The van der Waals surface area contributed by atoms with Crippen LogP contribution >= 0.6 is 0 Å². The van der Waals surface area contributed by atoms with Crippen molar-refractivity contribution < 1.29 is 22.4 Å². The fraction of sp³-hybridized carbons (Fsp3) is 0.400.